The van der Waals surface area contributed by atoms with Crippen molar-refractivity contribution in [3.8, 4) is 0 Å². The van der Waals surface area contributed by atoms with E-state index in [4.69, 9.17) is 4.74 Å². The zero-order valence-electron chi connectivity index (χ0n) is 7.35. The first-order valence-electron chi connectivity index (χ1n) is 3.80. The Labute approximate surface area is 63.3 Å². The van der Waals surface area contributed by atoms with Crippen LogP contribution in [0, 0.1) is 5.92 Å². The lowest BCUT2D eigenvalue weighted by Gasteiger charge is -2.02. The third-order valence-corrected chi connectivity index (χ3v) is 1.03. The third kappa shape index (κ3) is 5.60. The number of aliphatic imine (C=N–C) groups is 1. The van der Waals surface area contributed by atoms with Gasteiger partial charge in [0.05, 0.1) is 6.61 Å². The van der Waals surface area contributed by atoms with Crippen LogP contribution in [-0.2, 0) is 4.74 Å². The van der Waals surface area contributed by atoms with Crippen LogP contribution in [-0.4, -0.2) is 19.0 Å². The summed E-state index contributed by atoms with van der Waals surface area (Å²) >= 11 is 0. The zero-order chi connectivity index (χ0) is 7.98. The molecule has 10 heavy (non-hydrogen) atoms. The Morgan fingerprint density at radius 3 is 2.50 bits per heavy atom. The van der Waals surface area contributed by atoms with Gasteiger partial charge < -0.3 is 4.74 Å². The smallest absolute Gasteiger partial charge is 0.179 e. The highest BCUT2D eigenvalue weighted by Crippen LogP contribution is 1.92. The fraction of sp³-hybridized carbons (Fsp3) is 0.875. The Bertz CT molecular complexity index is 108. The van der Waals surface area contributed by atoms with Crippen molar-refractivity contribution in [3.63, 3.8) is 0 Å². The molecule has 0 atom stereocenters. The molecule has 0 aromatic heterocycles. The predicted octanol–water partition coefficient (Wildman–Crippen LogP) is 2.10. The second kappa shape index (κ2) is 5.27. The number of hydrogen-bond acceptors (Lipinski definition) is 2. The van der Waals surface area contributed by atoms with Crippen molar-refractivity contribution in [2.45, 2.75) is 27.7 Å². The maximum absolute atomic E-state index is 5.14. The minimum atomic E-state index is 0.621. The molecular formula is C8H17NO. The Morgan fingerprint density at radius 2 is 2.10 bits per heavy atom. The first-order chi connectivity index (χ1) is 4.66. The predicted molar refractivity (Wildman–Crippen MR) is 44.4 cm³/mol. The molecule has 0 spiro atoms. The van der Waals surface area contributed by atoms with E-state index in [0.717, 1.165) is 12.4 Å². The van der Waals surface area contributed by atoms with Crippen LogP contribution >= 0.6 is 0 Å². The van der Waals surface area contributed by atoms with Gasteiger partial charge >= 0.3 is 0 Å². The molecule has 0 N–H and O–H groups in total. The number of rotatable bonds is 3. The van der Waals surface area contributed by atoms with Gasteiger partial charge in [-0.25, -0.2) is 0 Å². The molecule has 0 aliphatic rings. The average Bonchev–Trinajstić information content (AvgIpc) is 1.85. The van der Waals surface area contributed by atoms with Crippen LogP contribution < -0.4 is 0 Å². The molecule has 0 radical (unpaired) electrons. The minimum absolute atomic E-state index is 0.621. The van der Waals surface area contributed by atoms with Crippen molar-refractivity contribution in [2.75, 3.05) is 13.2 Å². The van der Waals surface area contributed by atoms with E-state index in [1.807, 2.05) is 13.8 Å². The van der Waals surface area contributed by atoms with Crippen molar-refractivity contribution >= 4 is 5.90 Å². The van der Waals surface area contributed by atoms with Gasteiger partial charge in [-0.2, -0.15) is 0 Å². The van der Waals surface area contributed by atoms with Crippen LogP contribution in [0.25, 0.3) is 0 Å². The van der Waals surface area contributed by atoms with Crippen LogP contribution in [0.15, 0.2) is 4.99 Å². The number of ether oxygens (including phenoxy) is 1. The lowest BCUT2D eigenvalue weighted by atomic mass is 10.2. The highest BCUT2D eigenvalue weighted by atomic mass is 16.5. The Balaban J connectivity index is 3.47. The molecule has 0 unspecified atom stereocenters. The summed E-state index contributed by atoms with van der Waals surface area (Å²) in [5.74, 6) is 1.42. The van der Waals surface area contributed by atoms with E-state index < -0.39 is 0 Å². The fourth-order valence-corrected chi connectivity index (χ4v) is 0.566. The normalized spacial score (nSPS) is 12.3. The molecule has 60 valence electrons. The monoisotopic (exact) mass is 143 g/mol. The summed E-state index contributed by atoms with van der Waals surface area (Å²) in [6.07, 6.45) is 0. The summed E-state index contributed by atoms with van der Waals surface area (Å²) in [7, 11) is 0. The first-order valence-corrected chi connectivity index (χ1v) is 3.80. The molecule has 0 aromatic rings. The molecule has 2 nitrogen and oxygen atoms in total. The molecule has 0 aromatic carbocycles. The van der Waals surface area contributed by atoms with E-state index in [0.29, 0.717) is 12.5 Å². The summed E-state index contributed by atoms with van der Waals surface area (Å²) in [5.41, 5.74) is 0. The molecule has 0 fully saturated rings. The summed E-state index contributed by atoms with van der Waals surface area (Å²) in [6.45, 7) is 9.73. The second-order valence-corrected chi connectivity index (χ2v) is 2.69. The van der Waals surface area contributed by atoms with Gasteiger partial charge in [0, 0.05) is 13.5 Å². The van der Waals surface area contributed by atoms with Gasteiger partial charge in [0.1, 0.15) is 0 Å². The van der Waals surface area contributed by atoms with Crippen molar-refractivity contribution < 1.29 is 4.74 Å². The highest BCUT2D eigenvalue weighted by Gasteiger charge is 1.91. The largest absolute Gasteiger partial charge is 0.481 e. The molecule has 0 rings (SSSR count). The molecular weight excluding hydrogens is 126 g/mol. The molecule has 0 amide bonds. The minimum Gasteiger partial charge on any atom is -0.481 e. The summed E-state index contributed by atoms with van der Waals surface area (Å²) in [6, 6.07) is 0. The first kappa shape index (κ1) is 9.47. The van der Waals surface area contributed by atoms with Crippen LogP contribution in [0.2, 0.25) is 0 Å². The lowest BCUT2D eigenvalue weighted by Crippen LogP contribution is -2.02. The standard InChI is InChI=1S/C8H17NO/c1-5-10-8(4)9-6-7(2)3/h7H,5-6H2,1-4H3/b9-8+. The van der Waals surface area contributed by atoms with Crippen LogP contribution in [0.4, 0.5) is 0 Å². The van der Waals surface area contributed by atoms with Crippen molar-refractivity contribution in [2.24, 2.45) is 10.9 Å². The summed E-state index contributed by atoms with van der Waals surface area (Å²) in [4.78, 5) is 4.21. The topological polar surface area (TPSA) is 21.6 Å². The van der Waals surface area contributed by atoms with Gasteiger partial charge in [0.15, 0.2) is 5.90 Å². The maximum atomic E-state index is 5.14. The highest BCUT2D eigenvalue weighted by molar-refractivity contribution is 5.72. The van der Waals surface area contributed by atoms with E-state index in [1.54, 1.807) is 0 Å². The second-order valence-electron chi connectivity index (χ2n) is 2.69. The lowest BCUT2D eigenvalue weighted by molar-refractivity contribution is 0.322. The van der Waals surface area contributed by atoms with E-state index >= 15 is 0 Å². The van der Waals surface area contributed by atoms with Gasteiger partial charge in [-0.15, -0.1) is 0 Å². The van der Waals surface area contributed by atoms with E-state index in [-0.39, 0.29) is 0 Å². The van der Waals surface area contributed by atoms with Crippen molar-refractivity contribution in [1.29, 1.82) is 0 Å². The van der Waals surface area contributed by atoms with Crippen LogP contribution in [0.3, 0.4) is 0 Å². The zero-order valence-corrected chi connectivity index (χ0v) is 7.35. The molecule has 0 saturated heterocycles. The quantitative estimate of drug-likeness (QED) is 0.438. The van der Waals surface area contributed by atoms with Crippen molar-refractivity contribution in [1.82, 2.24) is 0 Å². The molecule has 0 aliphatic carbocycles. The Kier molecular flexibility index (Phi) is 4.99. The van der Waals surface area contributed by atoms with E-state index in [9.17, 15) is 0 Å². The van der Waals surface area contributed by atoms with Crippen molar-refractivity contribution in [3.05, 3.63) is 0 Å². The average molecular weight is 143 g/mol. The van der Waals surface area contributed by atoms with Gasteiger partial charge in [0.2, 0.25) is 0 Å². The molecule has 2 heteroatoms. The van der Waals surface area contributed by atoms with Crippen LogP contribution in [0.1, 0.15) is 27.7 Å². The number of hydrogen-bond donors (Lipinski definition) is 0. The molecule has 0 bridgehead atoms. The van der Waals surface area contributed by atoms with E-state index in [1.165, 1.54) is 0 Å². The van der Waals surface area contributed by atoms with Gasteiger partial charge in [-0.1, -0.05) is 13.8 Å². The van der Waals surface area contributed by atoms with Gasteiger partial charge in [-0.3, -0.25) is 4.99 Å². The molecule has 0 heterocycles. The van der Waals surface area contributed by atoms with Crippen LogP contribution in [0.5, 0.6) is 0 Å². The van der Waals surface area contributed by atoms with Gasteiger partial charge in [-0.05, 0) is 12.8 Å². The molecule has 0 saturated carbocycles. The van der Waals surface area contributed by atoms with E-state index in [2.05, 4.69) is 18.8 Å². The summed E-state index contributed by atoms with van der Waals surface area (Å²) < 4.78 is 5.14. The number of nitrogens with zero attached hydrogens (tertiary/aromatic N) is 1. The summed E-state index contributed by atoms with van der Waals surface area (Å²) in [5, 5.41) is 0. The SMILES string of the molecule is CCO/C(C)=N/CC(C)C. The maximum Gasteiger partial charge on any atom is 0.179 e. The Morgan fingerprint density at radius 1 is 1.50 bits per heavy atom. The third-order valence-electron chi connectivity index (χ3n) is 1.03. The molecule has 0 aliphatic heterocycles. The fourth-order valence-electron chi connectivity index (χ4n) is 0.566. The Hall–Kier alpha value is -0.530. The van der Waals surface area contributed by atoms with Gasteiger partial charge in [0.25, 0.3) is 0 Å².